The Bertz CT molecular complexity index is 404. The Balaban J connectivity index is 2.74. The molecule has 5 nitrogen and oxygen atoms in total. The van der Waals surface area contributed by atoms with Crippen molar-refractivity contribution in [3.8, 4) is 11.5 Å². The van der Waals surface area contributed by atoms with Gasteiger partial charge in [-0.25, -0.2) is 0 Å². The van der Waals surface area contributed by atoms with E-state index in [0.29, 0.717) is 11.5 Å². The predicted molar refractivity (Wildman–Crippen MR) is 67.7 cm³/mol. The third-order valence-electron chi connectivity index (χ3n) is 2.50. The number of benzene rings is 1. The third-order valence-corrected chi connectivity index (χ3v) is 2.50. The highest BCUT2D eigenvalue weighted by Gasteiger charge is 2.10. The molecule has 1 atom stereocenters. The lowest BCUT2D eigenvalue weighted by Crippen LogP contribution is -2.11. The fraction of sp³-hybridized carbons (Fsp3) is 0.462. The highest BCUT2D eigenvalue weighted by molar-refractivity contribution is 5.69. The first-order chi connectivity index (χ1) is 8.58. The molecule has 18 heavy (non-hydrogen) atoms. The van der Waals surface area contributed by atoms with E-state index in [-0.39, 0.29) is 25.0 Å². The molecule has 0 aliphatic rings. The molecule has 1 aromatic rings. The van der Waals surface area contributed by atoms with Crippen LogP contribution in [0.4, 0.5) is 0 Å². The highest BCUT2D eigenvalue weighted by Crippen LogP contribution is 2.28. The average molecular weight is 253 g/mol. The number of rotatable bonds is 6. The van der Waals surface area contributed by atoms with Crippen molar-refractivity contribution in [2.24, 2.45) is 5.73 Å². The monoisotopic (exact) mass is 253 g/mol. The molecule has 0 aliphatic carbocycles. The van der Waals surface area contributed by atoms with Crippen molar-refractivity contribution in [3.05, 3.63) is 23.8 Å². The van der Waals surface area contributed by atoms with Gasteiger partial charge in [-0.3, -0.25) is 4.79 Å². The summed E-state index contributed by atoms with van der Waals surface area (Å²) in [4.78, 5) is 11.0. The smallest absolute Gasteiger partial charge is 0.308 e. The van der Waals surface area contributed by atoms with Gasteiger partial charge < -0.3 is 19.9 Å². The molecule has 0 saturated heterocycles. The summed E-state index contributed by atoms with van der Waals surface area (Å²) in [6.07, 6.45) is 0.200. The highest BCUT2D eigenvalue weighted by atomic mass is 16.5. The van der Waals surface area contributed by atoms with Crippen molar-refractivity contribution >= 4 is 5.97 Å². The first kappa shape index (κ1) is 14.3. The number of hydrogen-bond donors (Lipinski definition) is 1. The van der Waals surface area contributed by atoms with Gasteiger partial charge in [-0.15, -0.1) is 0 Å². The van der Waals surface area contributed by atoms with Crippen LogP contribution in [0.25, 0.3) is 0 Å². The van der Waals surface area contributed by atoms with E-state index in [1.165, 1.54) is 7.11 Å². The standard InChI is InChI=1S/C13H19NO4/c1-9(14)11-5-4-10(16-2)8-12(11)18-7-6-13(15)17-3/h4-5,8-9H,6-7,14H2,1-3H3. The lowest BCUT2D eigenvalue weighted by molar-refractivity contribution is -0.141. The van der Waals surface area contributed by atoms with E-state index in [1.807, 2.05) is 19.1 Å². The summed E-state index contributed by atoms with van der Waals surface area (Å²) in [5, 5.41) is 0. The lowest BCUT2D eigenvalue weighted by atomic mass is 10.1. The minimum atomic E-state index is -0.305. The quantitative estimate of drug-likeness (QED) is 0.781. The van der Waals surface area contributed by atoms with Crippen molar-refractivity contribution in [2.45, 2.75) is 19.4 Å². The molecule has 0 amide bonds. The fourth-order valence-corrected chi connectivity index (χ4v) is 1.49. The second kappa shape index (κ2) is 6.86. The largest absolute Gasteiger partial charge is 0.497 e. The fourth-order valence-electron chi connectivity index (χ4n) is 1.49. The molecule has 1 aromatic carbocycles. The molecule has 100 valence electrons. The lowest BCUT2D eigenvalue weighted by Gasteiger charge is -2.14. The zero-order valence-electron chi connectivity index (χ0n) is 10.9. The number of ether oxygens (including phenoxy) is 3. The summed E-state index contributed by atoms with van der Waals surface area (Å²) in [7, 11) is 2.93. The summed E-state index contributed by atoms with van der Waals surface area (Å²) in [6.45, 7) is 2.12. The molecule has 0 spiro atoms. The van der Waals surface area contributed by atoms with E-state index in [4.69, 9.17) is 15.2 Å². The van der Waals surface area contributed by atoms with Crippen LogP contribution in [-0.2, 0) is 9.53 Å². The van der Waals surface area contributed by atoms with Gasteiger partial charge in [0.25, 0.3) is 0 Å². The molecule has 0 heterocycles. The van der Waals surface area contributed by atoms with Gasteiger partial charge in [0.05, 0.1) is 27.2 Å². The Labute approximate surface area is 107 Å². The molecular weight excluding hydrogens is 234 g/mol. The maximum Gasteiger partial charge on any atom is 0.308 e. The molecule has 1 unspecified atom stereocenters. The van der Waals surface area contributed by atoms with Crippen LogP contribution in [0.2, 0.25) is 0 Å². The van der Waals surface area contributed by atoms with Crippen LogP contribution in [0.1, 0.15) is 24.9 Å². The van der Waals surface area contributed by atoms with Crippen molar-refractivity contribution in [1.29, 1.82) is 0 Å². The summed E-state index contributed by atoms with van der Waals surface area (Å²) < 4.78 is 15.2. The van der Waals surface area contributed by atoms with Gasteiger partial charge in [-0.05, 0) is 13.0 Å². The number of hydrogen-bond acceptors (Lipinski definition) is 5. The Morgan fingerprint density at radius 1 is 1.39 bits per heavy atom. The minimum Gasteiger partial charge on any atom is -0.497 e. The van der Waals surface area contributed by atoms with Crippen LogP contribution in [0.3, 0.4) is 0 Å². The van der Waals surface area contributed by atoms with Crippen molar-refractivity contribution in [1.82, 2.24) is 0 Å². The maximum absolute atomic E-state index is 11.0. The molecule has 0 radical (unpaired) electrons. The van der Waals surface area contributed by atoms with E-state index < -0.39 is 0 Å². The zero-order chi connectivity index (χ0) is 13.5. The summed E-state index contributed by atoms with van der Waals surface area (Å²) in [6, 6.07) is 5.29. The molecule has 0 fully saturated rings. The van der Waals surface area contributed by atoms with E-state index >= 15 is 0 Å². The van der Waals surface area contributed by atoms with Crippen molar-refractivity contribution < 1.29 is 19.0 Å². The van der Waals surface area contributed by atoms with Crippen molar-refractivity contribution in [2.75, 3.05) is 20.8 Å². The van der Waals surface area contributed by atoms with Gasteiger partial charge >= 0.3 is 5.97 Å². The van der Waals surface area contributed by atoms with Gasteiger partial charge in [-0.1, -0.05) is 6.07 Å². The van der Waals surface area contributed by atoms with Crippen LogP contribution in [0, 0.1) is 0 Å². The maximum atomic E-state index is 11.0. The number of esters is 1. The number of carbonyl (C=O) groups excluding carboxylic acids is 1. The first-order valence-corrected chi connectivity index (χ1v) is 5.71. The SMILES string of the molecule is COC(=O)CCOc1cc(OC)ccc1C(C)N. The molecule has 2 N–H and O–H groups in total. The Kier molecular flexibility index (Phi) is 5.45. The molecule has 1 rings (SSSR count). The van der Waals surface area contributed by atoms with Crippen LogP contribution in [0.5, 0.6) is 11.5 Å². The average Bonchev–Trinajstić information content (AvgIpc) is 2.37. The number of carbonyl (C=O) groups is 1. The van der Waals surface area contributed by atoms with E-state index in [1.54, 1.807) is 13.2 Å². The third kappa shape index (κ3) is 3.92. The van der Waals surface area contributed by atoms with E-state index in [9.17, 15) is 4.79 Å². The van der Waals surface area contributed by atoms with Gasteiger partial charge in [-0.2, -0.15) is 0 Å². The summed E-state index contributed by atoms with van der Waals surface area (Å²) >= 11 is 0. The number of methoxy groups -OCH3 is 2. The van der Waals surface area contributed by atoms with Gasteiger partial charge in [0.15, 0.2) is 0 Å². The minimum absolute atomic E-state index is 0.149. The molecule has 0 aromatic heterocycles. The normalized spacial score (nSPS) is 11.8. The van der Waals surface area contributed by atoms with Crippen molar-refractivity contribution in [3.63, 3.8) is 0 Å². The van der Waals surface area contributed by atoms with E-state index in [2.05, 4.69) is 4.74 Å². The molecule has 0 aliphatic heterocycles. The van der Waals surface area contributed by atoms with Gasteiger partial charge in [0.2, 0.25) is 0 Å². The first-order valence-electron chi connectivity index (χ1n) is 5.71. The molecule has 0 bridgehead atoms. The van der Waals surface area contributed by atoms with Crippen LogP contribution in [-0.4, -0.2) is 26.8 Å². The van der Waals surface area contributed by atoms with E-state index in [0.717, 1.165) is 5.56 Å². The molecule has 5 heteroatoms. The summed E-state index contributed by atoms with van der Waals surface area (Å²) in [5.41, 5.74) is 6.73. The second-order valence-electron chi connectivity index (χ2n) is 3.87. The van der Waals surface area contributed by atoms with Crippen LogP contribution in [0.15, 0.2) is 18.2 Å². The zero-order valence-corrected chi connectivity index (χ0v) is 10.9. The Morgan fingerprint density at radius 2 is 2.11 bits per heavy atom. The van der Waals surface area contributed by atoms with Gasteiger partial charge in [0, 0.05) is 17.7 Å². The molecule has 0 saturated carbocycles. The topological polar surface area (TPSA) is 70.8 Å². The van der Waals surface area contributed by atoms with Crippen LogP contribution >= 0.6 is 0 Å². The van der Waals surface area contributed by atoms with Crippen LogP contribution < -0.4 is 15.2 Å². The second-order valence-corrected chi connectivity index (χ2v) is 3.87. The summed E-state index contributed by atoms with van der Waals surface area (Å²) in [5.74, 6) is 1.01. The Hall–Kier alpha value is -1.75. The Morgan fingerprint density at radius 3 is 2.67 bits per heavy atom. The predicted octanol–water partition coefficient (Wildman–Crippen LogP) is 1.66. The van der Waals surface area contributed by atoms with Gasteiger partial charge in [0.1, 0.15) is 11.5 Å². The molecular formula is C13H19NO4. The number of nitrogens with two attached hydrogens (primary N) is 1.